The van der Waals surface area contributed by atoms with Crippen LogP contribution in [0.15, 0.2) is 9.42 Å². The van der Waals surface area contributed by atoms with Crippen molar-refractivity contribution in [3.63, 3.8) is 0 Å². The number of aryl methyl sites for hydroxylation is 2. The van der Waals surface area contributed by atoms with Gasteiger partial charge in [-0.25, -0.2) is 8.42 Å². The van der Waals surface area contributed by atoms with Crippen molar-refractivity contribution >= 4 is 22.4 Å². The number of rotatable bonds is 2. The Bertz CT molecular complexity index is 514. The fraction of sp³-hybridized carbons (Fsp3) is 0.727. The van der Waals surface area contributed by atoms with Gasteiger partial charge >= 0.3 is 0 Å². The number of aromatic nitrogens is 1. The van der Waals surface area contributed by atoms with E-state index in [0.717, 1.165) is 0 Å². The SMILES string of the molecule is Cc1noc(C)c1S(=O)(=O)N1CC(C)NC(C)C1.Cl. The average Bonchev–Trinajstić information content (AvgIpc) is 2.57. The molecule has 0 saturated carbocycles. The zero-order valence-corrected chi connectivity index (χ0v) is 13.1. The van der Waals surface area contributed by atoms with Crippen LogP contribution in [0.1, 0.15) is 25.3 Å². The third-order valence-corrected chi connectivity index (χ3v) is 5.17. The summed E-state index contributed by atoms with van der Waals surface area (Å²) in [6.07, 6.45) is 0. The Hall–Kier alpha value is -0.630. The van der Waals surface area contributed by atoms with Crippen LogP contribution >= 0.6 is 12.4 Å². The first-order chi connectivity index (χ1) is 8.32. The molecule has 19 heavy (non-hydrogen) atoms. The number of sulfonamides is 1. The van der Waals surface area contributed by atoms with Gasteiger partial charge in [-0.15, -0.1) is 12.4 Å². The van der Waals surface area contributed by atoms with Gasteiger partial charge in [-0.05, 0) is 27.7 Å². The maximum Gasteiger partial charge on any atom is 0.248 e. The minimum absolute atomic E-state index is 0. The zero-order chi connectivity index (χ0) is 13.5. The first-order valence-corrected chi connectivity index (χ1v) is 7.45. The summed E-state index contributed by atoms with van der Waals surface area (Å²) >= 11 is 0. The molecule has 2 heterocycles. The van der Waals surface area contributed by atoms with Crippen LogP contribution in [0.5, 0.6) is 0 Å². The van der Waals surface area contributed by atoms with Gasteiger partial charge in [0.05, 0.1) is 0 Å². The molecule has 1 aromatic rings. The van der Waals surface area contributed by atoms with Crippen molar-refractivity contribution in [2.45, 2.75) is 44.7 Å². The lowest BCUT2D eigenvalue weighted by atomic mass is 10.2. The van der Waals surface area contributed by atoms with Crippen LogP contribution in [0.4, 0.5) is 0 Å². The van der Waals surface area contributed by atoms with E-state index >= 15 is 0 Å². The maximum absolute atomic E-state index is 12.6. The van der Waals surface area contributed by atoms with Crippen molar-refractivity contribution in [1.82, 2.24) is 14.8 Å². The van der Waals surface area contributed by atoms with E-state index in [1.165, 1.54) is 4.31 Å². The van der Waals surface area contributed by atoms with Crippen molar-refractivity contribution in [2.24, 2.45) is 0 Å². The summed E-state index contributed by atoms with van der Waals surface area (Å²) < 4.78 is 31.6. The summed E-state index contributed by atoms with van der Waals surface area (Å²) in [6.45, 7) is 8.17. The van der Waals surface area contributed by atoms with Crippen LogP contribution in [0, 0.1) is 13.8 Å². The van der Waals surface area contributed by atoms with Crippen LogP contribution in [0.2, 0.25) is 0 Å². The quantitative estimate of drug-likeness (QED) is 0.885. The largest absolute Gasteiger partial charge is 0.360 e. The van der Waals surface area contributed by atoms with Gasteiger partial charge in [0, 0.05) is 25.2 Å². The molecule has 0 aliphatic carbocycles. The maximum atomic E-state index is 12.6. The average molecular weight is 310 g/mol. The van der Waals surface area contributed by atoms with Crippen LogP contribution in [0.3, 0.4) is 0 Å². The predicted octanol–water partition coefficient (Wildman–Crippen LogP) is 1.08. The van der Waals surface area contributed by atoms with E-state index < -0.39 is 10.0 Å². The third kappa shape index (κ3) is 3.10. The lowest BCUT2D eigenvalue weighted by Crippen LogP contribution is -2.55. The number of halogens is 1. The molecule has 110 valence electrons. The van der Waals surface area contributed by atoms with Crippen LogP contribution in [-0.4, -0.2) is 43.1 Å². The molecule has 1 aliphatic rings. The van der Waals surface area contributed by atoms with Gasteiger partial charge in [-0.1, -0.05) is 5.16 Å². The molecule has 2 atom stereocenters. The molecule has 0 spiro atoms. The normalized spacial score (nSPS) is 25.1. The van der Waals surface area contributed by atoms with Crippen molar-refractivity contribution in [1.29, 1.82) is 0 Å². The summed E-state index contributed by atoms with van der Waals surface area (Å²) in [6, 6.07) is 0.285. The number of hydrogen-bond acceptors (Lipinski definition) is 5. The Balaban J connectivity index is 0.00000180. The van der Waals surface area contributed by atoms with Crippen LogP contribution in [0.25, 0.3) is 0 Å². The Morgan fingerprint density at radius 1 is 1.26 bits per heavy atom. The first kappa shape index (κ1) is 16.4. The molecule has 1 aromatic heterocycles. The van der Waals surface area contributed by atoms with Crippen molar-refractivity contribution in [3.8, 4) is 0 Å². The highest BCUT2D eigenvalue weighted by atomic mass is 35.5. The van der Waals surface area contributed by atoms with Crippen molar-refractivity contribution < 1.29 is 12.9 Å². The zero-order valence-electron chi connectivity index (χ0n) is 11.5. The molecule has 1 saturated heterocycles. The van der Waals surface area contributed by atoms with E-state index in [-0.39, 0.29) is 29.4 Å². The number of nitrogens with one attached hydrogen (secondary N) is 1. The Labute approximate surface area is 120 Å². The fourth-order valence-corrected chi connectivity index (χ4v) is 4.35. The molecule has 1 fully saturated rings. The Morgan fingerprint density at radius 3 is 2.21 bits per heavy atom. The second kappa shape index (κ2) is 5.78. The smallest absolute Gasteiger partial charge is 0.248 e. The minimum atomic E-state index is -3.51. The summed E-state index contributed by atoms with van der Waals surface area (Å²) in [5, 5.41) is 7.03. The van der Waals surface area contributed by atoms with E-state index in [9.17, 15) is 8.42 Å². The topological polar surface area (TPSA) is 75.4 Å². The van der Waals surface area contributed by atoms with Gasteiger partial charge in [0.25, 0.3) is 0 Å². The molecule has 0 amide bonds. The highest BCUT2D eigenvalue weighted by Crippen LogP contribution is 2.24. The van der Waals surface area contributed by atoms with Crippen molar-refractivity contribution in [3.05, 3.63) is 11.5 Å². The molecule has 6 nitrogen and oxygen atoms in total. The van der Waals surface area contributed by atoms with Gasteiger partial charge in [-0.2, -0.15) is 4.31 Å². The molecule has 2 unspecified atom stereocenters. The number of nitrogens with zero attached hydrogens (tertiary/aromatic N) is 2. The van der Waals surface area contributed by atoms with Gasteiger partial charge in [0.15, 0.2) is 5.76 Å². The second-order valence-corrected chi connectivity index (χ2v) is 6.82. The predicted molar refractivity (Wildman–Crippen MR) is 74.0 cm³/mol. The Morgan fingerprint density at radius 2 is 1.79 bits per heavy atom. The standard InChI is InChI=1S/C11H19N3O3S.ClH/c1-7-5-14(6-8(2)12-7)18(15,16)11-9(3)13-17-10(11)4;/h7-8,12H,5-6H2,1-4H3;1H. The Kier molecular flexibility index (Phi) is 5.00. The van der Waals surface area contributed by atoms with Gasteiger partial charge in [0.2, 0.25) is 10.0 Å². The molecular formula is C11H20ClN3O3S. The van der Waals surface area contributed by atoms with Gasteiger partial charge < -0.3 is 9.84 Å². The summed E-state index contributed by atoms with van der Waals surface area (Å²) in [5.74, 6) is 0.353. The summed E-state index contributed by atoms with van der Waals surface area (Å²) in [5.41, 5.74) is 0.423. The van der Waals surface area contributed by atoms with E-state index in [0.29, 0.717) is 24.5 Å². The molecule has 0 bridgehead atoms. The second-order valence-electron chi connectivity index (χ2n) is 4.94. The number of piperazine rings is 1. The molecule has 8 heteroatoms. The minimum Gasteiger partial charge on any atom is -0.360 e. The molecule has 0 radical (unpaired) electrons. The monoisotopic (exact) mass is 309 g/mol. The molecule has 2 rings (SSSR count). The third-order valence-electron chi connectivity index (χ3n) is 3.09. The molecule has 1 aliphatic heterocycles. The lowest BCUT2D eigenvalue weighted by Gasteiger charge is -2.35. The van der Waals surface area contributed by atoms with E-state index in [4.69, 9.17) is 4.52 Å². The highest BCUT2D eigenvalue weighted by Gasteiger charge is 2.35. The summed E-state index contributed by atoms with van der Waals surface area (Å²) in [7, 11) is -3.51. The number of hydrogen-bond donors (Lipinski definition) is 1. The van der Waals surface area contributed by atoms with Gasteiger partial charge in [-0.3, -0.25) is 0 Å². The molecule has 0 aromatic carbocycles. The first-order valence-electron chi connectivity index (χ1n) is 6.01. The van der Waals surface area contributed by atoms with E-state index in [1.54, 1.807) is 13.8 Å². The molecule has 1 N–H and O–H groups in total. The lowest BCUT2D eigenvalue weighted by molar-refractivity contribution is 0.262. The highest BCUT2D eigenvalue weighted by molar-refractivity contribution is 7.89. The van der Waals surface area contributed by atoms with Crippen LogP contribution < -0.4 is 5.32 Å². The molecular weight excluding hydrogens is 290 g/mol. The van der Waals surface area contributed by atoms with Gasteiger partial charge in [0.1, 0.15) is 10.6 Å². The summed E-state index contributed by atoms with van der Waals surface area (Å²) in [4.78, 5) is 0.212. The van der Waals surface area contributed by atoms with E-state index in [1.807, 2.05) is 13.8 Å². The van der Waals surface area contributed by atoms with E-state index in [2.05, 4.69) is 10.5 Å². The van der Waals surface area contributed by atoms with Crippen LogP contribution in [-0.2, 0) is 10.0 Å². The fourth-order valence-electron chi connectivity index (χ4n) is 2.44. The van der Waals surface area contributed by atoms with Crippen molar-refractivity contribution in [2.75, 3.05) is 13.1 Å².